The maximum absolute atomic E-state index is 11.2. The standard InChI is InChI=1S/C9H9ClO3/c1-2-13-9(12)6-4-3-5-7(11)8(6)10/h3-5,11H,2H2,1H3. The van der Waals surface area contributed by atoms with Gasteiger partial charge in [0.2, 0.25) is 0 Å². The van der Waals surface area contributed by atoms with Crippen LogP contribution < -0.4 is 0 Å². The SMILES string of the molecule is CCOC(=O)c1cccc(O)c1Cl. The number of rotatable bonds is 2. The van der Waals surface area contributed by atoms with Gasteiger partial charge in [-0.15, -0.1) is 0 Å². The van der Waals surface area contributed by atoms with E-state index in [1.807, 2.05) is 0 Å². The highest BCUT2D eigenvalue weighted by atomic mass is 35.5. The van der Waals surface area contributed by atoms with Gasteiger partial charge in [-0.1, -0.05) is 17.7 Å². The normalized spacial score (nSPS) is 9.69. The number of phenols is 1. The minimum atomic E-state index is -0.525. The molecule has 0 heterocycles. The smallest absolute Gasteiger partial charge is 0.339 e. The molecule has 0 spiro atoms. The molecule has 0 bridgehead atoms. The summed E-state index contributed by atoms with van der Waals surface area (Å²) in [4.78, 5) is 11.2. The van der Waals surface area contributed by atoms with Crippen molar-refractivity contribution in [3.8, 4) is 5.75 Å². The van der Waals surface area contributed by atoms with E-state index in [0.29, 0.717) is 0 Å². The average Bonchev–Trinajstić information content (AvgIpc) is 2.10. The van der Waals surface area contributed by atoms with Gasteiger partial charge in [-0.05, 0) is 19.1 Å². The Labute approximate surface area is 80.9 Å². The summed E-state index contributed by atoms with van der Waals surface area (Å²) in [6.45, 7) is 1.99. The topological polar surface area (TPSA) is 46.5 Å². The first kappa shape index (κ1) is 9.86. The highest BCUT2D eigenvalue weighted by Crippen LogP contribution is 2.26. The molecule has 0 amide bonds. The number of halogens is 1. The minimum Gasteiger partial charge on any atom is -0.506 e. The Hall–Kier alpha value is -1.22. The van der Waals surface area contributed by atoms with E-state index in [9.17, 15) is 9.90 Å². The second kappa shape index (κ2) is 4.14. The van der Waals surface area contributed by atoms with Crippen molar-refractivity contribution in [3.05, 3.63) is 28.8 Å². The summed E-state index contributed by atoms with van der Waals surface area (Å²) in [5.41, 5.74) is 0.184. The van der Waals surface area contributed by atoms with Crippen LogP contribution in [0.1, 0.15) is 17.3 Å². The Morgan fingerprint density at radius 3 is 2.92 bits per heavy atom. The molecule has 0 aliphatic heterocycles. The first-order valence-corrected chi connectivity index (χ1v) is 4.19. The van der Waals surface area contributed by atoms with E-state index < -0.39 is 5.97 Å². The van der Waals surface area contributed by atoms with Crippen LogP contribution in [0.15, 0.2) is 18.2 Å². The number of benzene rings is 1. The summed E-state index contributed by atoms with van der Waals surface area (Å²) in [5.74, 6) is -0.643. The second-order valence-electron chi connectivity index (χ2n) is 2.36. The largest absolute Gasteiger partial charge is 0.506 e. The summed E-state index contributed by atoms with van der Waals surface area (Å²) in [6.07, 6.45) is 0. The third-order valence-electron chi connectivity index (χ3n) is 1.47. The van der Waals surface area contributed by atoms with Crippen molar-refractivity contribution in [2.24, 2.45) is 0 Å². The van der Waals surface area contributed by atoms with Crippen LogP contribution in [0, 0.1) is 0 Å². The molecule has 1 N–H and O–H groups in total. The lowest BCUT2D eigenvalue weighted by molar-refractivity contribution is 0.0526. The number of aromatic hydroxyl groups is 1. The van der Waals surface area contributed by atoms with Crippen LogP contribution in [0.5, 0.6) is 5.75 Å². The number of hydrogen-bond acceptors (Lipinski definition) is 3. The van der Waals surface area contributed by atoms with Gasteiger partial charge >= 0.3 is 5.97 Å². The van der Waals surface area contributed by atoms with E-state index in [4.69, 9.17) is 16.3 Å². The zero-order valence-electron chi connectivity index (χ0n) is 7.08. The molecular formula is C9H9ClO3. The van der Waals surface area contributed by atoms with E-state index in [-0.39, 0.29) is 22.9 Å². The van der Waals surface area contributed by atoms with Crippen LogP contribution in [0.2, 0.25) is 5.02 Å². The monoisotopic (exact) mass is 200 g/mol. The van der Waals surface area contributed by atoms with Gasteiger partial charge in [0.05, 0.1) is 17.2 Å². The van der Waals surface area contributed by atoms with Gasteiger partial charge in [-0.3, -0.25) is 0 Å². The summed E-state index contributed by atoms with van der Waals surface area (Å²) in [7, 11) is 0. The third kappa shape index (κ3) is 2.12. The molecule has 0 aromatic heterocycles. The minimum absolute atomic E-state index is 0.0287. The van der Waals surface area contributed by atoms with E-state index in [1.54, 1.807) is 6.92 Å². The first-order chi connectivity index (χ1) is 6.16. The molecule has 0 unspecified atom stereocenters. The Bertz CT molecular complexity index is 323. The van der Waals surface area contributed by atoms with Crippen molar-refractivity contribution in [1.29, 1.82) is 0 Å². The number of carbonyl (C=O) groups excluding carboxylic acids is 1. The highest BCUT2D eigenvalue weighted by molar-refractivity contribution is 6.34. The second-order valence-corrected chi connectivity index (χ2v) is 2.74. The number of phenolic OH excluding ortho intramolecular Hbond substituents is 1. The molecule has 0 aliphatic carbocycles. The molecule has 13 heavy (non-hydrogen) atoms. The molecule has 3 nitrogen and oxygen atoms in total. The predicted molar refractivity (Wildman–Crippen MR) is 49.1 cm³/mol. The Balaban J connectivity index is 3.01. The van der Waals surface area contributed by atoms with Crippen molar-refractivity contribution in [3.63, 3.8) is 0 Å². The molecule has 1 aromatic rings. The van der Waals surface area contributed by atoms with Crippen molar-refractivity contribution in [1.82, 2.24) is 0 Å². The van der Waals surface area contributed by atoms with E-state index in [0.717, 1.165) is 0 Å². The molecule has 0 aliphatic rings. The quantitative estimate of drug-likeness (QED) is 0.745. The van der Waals surface area contributed by atoms with Gasteiger partial charge in [0.1, 0.15) is 5.75 Å². The lowest BCUT2D eigenvalue weighted by Gasteiger charge is -2.04. The van der Waals surface area contributed by atoms with Crippen LogP contribution >= 0.6 is 11.6 Å². The third-order valence-corrected chi connectivity index (χ3v) is 1.87. The van der Waals surface area contributed by atoms with Gasteiger partial charge in [0.25, 0.3) is 0 Å². The summed E-state index contributed by atoms with van der Waals surface area (Å²) in [6, 6.07) is 4.44. The van der Waals surface area contributed by atoms with Crippen molar-refractivity contribution in [2.45, 2.75) is 6.92 Å². The number of carbonyl (C=O) groups is 1. The Morgan fingerprint density at radius 1 is 1.62 bits per heavy atom. The van der Waals surface area contributed by atoms with Gasteiger partial charge in [0.15, 0.2) is 0 Å². The molecule has 70 valence electrons. The van der Waals surface area contributed by atoms with Crippen LogP contribution in [0.3, 0.4) is 0 Å². The summed E-state index contributed by atoms with van der Waals surface area (Å²) < 4.78 is 4.73. The zero-order chi connectivity index (χ0) is 9.84. The highest BCUT2D eigenvalue weighted by Gasteiger charge is 2.13. The number of esters is 1. The molecule has 0 saturated carbocycles. The molecule has 1 rings (SSSR count). The average molecular weight is 201 g/mol. The first-order valence-electron chi connectivity index (χ1n) is 3.81. The predicted octanol–water partition coefficient (Wildman–Crippen LogP) is 2.22. The lowest BCUT2D eigenvalue weighted by atomic mass is 10.2. The van der Waals surface area contributed by atoms with E-state index in [1.165, 1.54) is 18.2 Å². The maximum Gasteiger partial charge on any atom is 0.339 e. The van der Waals surface area contributed by atoms with Crippen LogP contribution in [-0.2, 0) is 4.74 Å². The van der Waals surface area contributed by atoms with Crippen LogP contribution in [0.25, 0.3) is 0 Å². The molecule has 0 radical (unpaired) electrons. The van der Waals surface area contributed by atoms with Crippen molar-refractivity contribution >= 4 is 17.6 Å². The Kier molecular flexibility index (Phi) is 3.14. The molecule has 0 saturated heterocycles. The van der Waals surface area contributed by atoms with Gasteiger partial charge in [0, 0.05) is 0 Å². The van der Waals surface area contributed by atoms with Gasteiger partial charge in [-0.2, -0.15) is 0 Å². The van der Waals surface area contributed by atoms with E-state index >= 15 is 0 Å². The number of ether oxygens (including phenoxy) is 1. The number of hydrogen-bond donors (Lipinski definition) is 1. The van der Waals surface area contributed by atoms with Crippen molar-refractivity contribution < 1.29 is 14.6 Å². The zero-order valence-corrected chi connectivity index (χ0v) is 7.84. The molecule has 0 atom stereocenters. The van der Waals surface area contributed by atoms with Gasteiger partial charge < -0.3 is 9.84 Å². The van der Waals surface area contributed by atoms with Crippen LogP contribution in [-0.4, -0.2) is 17.7 Å². The lowest BCUT2D eigenvalue weighted by Crippen LogP contribution is -2.04. The molecule has 1 aromatic carbocycles. The molecule has 4 heteroatoms. The summed E-state index contributed by atoms with van der Waals surface area (Å²) >= 11 is 5.67. The van der Waals surface area contributed by atoms with E-state index in [2.05, 4.69) is 0 Å². The van der Waals surface area contributed by atoms with Crippen molar-refractivity contribution in [2.75, 3.05) is 6.61 Å². The maximum atomic E-state index is 11.2. The fraction of sp³-hybridized carbons (Fsp3) is 0.222. The fourth-order valence-electron chi connectivity index (χ4n) is 0.886. The van der Waals surface area contributed by atoms with Crippen LogP contribution in [0.4, 0.5) is 0 Å². The summed E-state index contributed by atoms with van der Waals surface area (Å²) in [5, 5.41) is 9.21. The molecule has 0 fully saturated rings. The van der Waals surface area contributed by atoms with Gasteiger partial charge in [-0.25, -0.2) is 4.79 Å². The Morgan fingerprint density at radius 2 is 2.31 bits per heavy atom. The molecular weight excluding hydrogens is 192 g/mol. The fourth-order valence-corrected chi connectivity index (χ4v) is 1.09.